The molecule has 3 aliphatic rings. The number of aromatic nitrogens is 1. The second-order valence-corrected chi connectivity index (χ2v) is 11.0. The van der Waals surface area contributed by atoms with Crippen LogP contribution in [0.3, 0.4) is 0 Å². The van der Waals surface area contributed by atoms with Crippen LogP contribution in [0.25, 0.3) is 5.70 Å². The van der Waals surface area contributed by atoms with E-state index < -0.39 is 5.54 Å². The largest absolute Gasteiger partial charge is 0.370 e. The maximum atomic E-state index is 13.5. The van der Waals surface area contributed by atoms with Crippen molar-refractivity contribution in [3.63, 3.8) is 0 Å². The third-order valence-corrected chi connectivity index (χ3v) is 8.48. The number of halogens is 1. The molecule has 0 radical (unpaired) electrons. The Morgan fingerprint density at radius 1 is 1.31 bits per heavy atom. The van der Waals surface area contributed by atoms with Crippen molar-refractivity contribution in [1.82, 2.24) is 15.2 Å². The molecule has 1 aromatic heterocycles. The summed E-state index contributed by atoms with van der Waals surface area (Å²) in [6.07, 6.45) is 8.05. The van der Waals surface area contributed by atoms with Crippen LogP contribution >= 0.6 is 12.6 Å². The number of benzene rings is 1. The van der Waals surface area contributed by atoms with Gasteiger partial charge in [-0.15, -0.1) is 0 Å². The van der Waals surface area contributed by atoms with Gasteiger partial charge in [0.25, 0.3) is 0 Å². The molecule has 0 unspecified atom stereocenters. The lowest BCUT2D eigenvalue weighted by atomic mass is 9.68. The monoisotopic (exact) mass is 508 g/mol. The van der Waals surface area contributed by atoms with Crippen molar-refractivity contribution in [1.29, 1.82) is 0 Å². The van der Waals surface area contributed by atoms with Crippen LogP contribution in [-0.2, 0) is 12.0 Å². The second kappa shape index (κ2) is 10.4. The topological polar surface area (TPSA) is 78.6 Å². The number of fused-ring (bicyclic) bond motifs is 1. The predicted molar refractivity (Wildman–Crippen MR) is 149 cm³/mol. The highest BCUT2D eigenvalue weighted by Crippen LogP contribution is 2.46. The van der Waals surface area contributed by atoms with Gasteiger partial charge in [-0.2, -0.15) is 12.6 Å². The first-order valence-electron chi connectivity index (χ1n) is 13.1. The summed E-state index contributed by atoms with van der Waals surface area (Å²) in [7, 11) is 1.71. The lowest BCUT2D eigenvalue weighted by Crippen LogP contribution is -2.62. The summed E-state index contributed by atoms with van der Waals surface area (Å²) < 4.78 is 13.5. The third-order valence-electron chi connectivity index (χ3n) is 7.88. The molecule has 5 rings (SSSR count). The average molecular weight is 509 g/mol. The Morgan fingerprint density at radius 3 is 2.72 bits per heavy atom. The highest BCUT2D eigenvalue weighted by atomic mass is 32.1. The summed E-state index contributed by atoms with van der Waals surface area (Å²) in [6, 6.07) is 9.71. The molecule has 0 amide bonds. The third kappa shape index (κ3) is 5.11. The van der Waals surface area contributed by atoms with Gasteiger partial charge in [-0.3, -0.25) is 9.98 Å². The van der Waals surface area contributed by atoms with Crippen molar-refractivity contribution < 1.29 is 4.39 Å². The zero-order chi connectivity index (χ0) is 25.3. The Labute approximate surface area is 219 Å². The Morgan fingerprint density at radius 2 is 2.11 bits per heavy atom. The van der Waals surface area contributed by atoms with Crippen LogP contribution in [0.2, 0.25) is 0 Å². The zero-order valence-electron chi connectivity index (χ0n) is 21.2. The van der Waals surface area contributed by atoms with E-state index in [9.17, 15) is 4.39 Å². The van der Waals surface area contributed by atoms with E-state index >= 15 is 0 Å². The summed E-state index contributed by atoms with van der Waals surface area (Å²) >= 11 is 5.15. The fraction of sp³-hybridized carbons (Fsp3) is 0.500. The van der Waals surface area contributed by atoms with Crippen molar-refractivity contribution in [2.24, 2.45) is 16.6 Å². The van der Waals surface area contributed by atoms with Crippen LogP contribution in [0.15, 0.2) is 47.1 Å². The van der Waals surface area contributed by atoms with Crippen LogP contribution in [0.4, 0.5) is 10.1 Å². The van der Waals surface area contributed by atoms with Crippen molar-refractivity contribution in [2.45, 2.75) is 56.2 Å². The molecule has 0 aliphatic heterocycles. The number of hydrogen-bond acceptors (Lipinski definition) is 5. The molecule has 192 valence electrons. The van der Waals surface area contributed by atoms with Gasteiger partial charge in [-0.1, -0.05) is 13.0 Å². The number of rotatable bonds is 10. The number of nitrogens with one attached hydrogen (secondary N) is 2. The number of hydrogen-bond donors (Lipinski definition) is 4. The number of nitrogens with zero attached hydrogens (tertiary/aromatic N) is 3. The summed E-state index contributed by atoms with van der Waals surface area (Å²) in [5.41, 5.74) is 12.4. The van der Waals surface area contributed by atoms with Gasteiger partial charge < -0.3 is 21.3 Å². The quantitative estimate of drug-likeness (QED) is 0.215. The average Bonchev–Trinajstić information content (AvgIpc) is 3.65. The summed E-state index contributed by atoms with van der Waals surface area (Å²) in [5.74, 6) is 0.932. The minimum absolute atomic E-state index is 0.0440. The van der Waals surface area contributed by atoms with Gasteiger partial charge in [0.15, 0.2) is 5.96 Å². The van der Waals surface area contributed by atoms with Crippen LogP contribution < -0.4 is 16.4 Å². The molecule has 1 aromatic carbocycles. The normalized spacial score (nSPS) is 21.9. The van der Waals surface area contributed by atoms with E-state index in [1.165, 1.54) is 48.2 Å². The van der Waals surface area contributed by atoms with E-state index in [-0.39, 0.29) is 11.1 Å². The molecule has 2 fully saturated rings. The lowest BCUT2D eigenvalue weighted by Gasteiger charge is -2.49. The number of aliphatic imine (C=N–C) groups is 1. The Kier molecular flexibility index (Phi) is 7.26. The van der Waals surface area contributed by atoms with Crippen LogP contribution in [0.5, 0.6) is 0 Å². The van der Waals surface area contributed by atoms with Crippen LogP contribution in [-0.4, -0.2) is 47.8 Å². The fourth-order valence-corrected chi connectivity index (χ4v) is 5.82. The van der Waals surface area contributed by atoms with E-state index in [1.807, 2.05) is 0 Å². The minimum atomic E-state index is -0.394. The number of guanidine groups is 1. The van der Waals surface area contributed by atoms with Crippen molar-refractivity contribution in [2.75, 3.05) is 32.0 Å². The number of anilines is 1. The van der Waals surface area contributed by atoms with E-state index in [0.717, 1.165) is 61.9 Å². The highest BCUT2D eigenvalue weighted by molar-refractivity contribution is 7.81. The molecule has 1 heterocycles. The molecule has 0 spiro atoms. The van der Waals surface area contributed by atoms with E-state index in [1.54, 1.807) is 13.1 Å². The van der Waals surface area contributed by atoms with E-state index in [4.69, 9.17) is 18.4 Å². The molecule has 2 atom stereocenters. The van der Waals surface area contributed by atoms with Crippen LogP contribution in [0, 0.1) is 11.7 Å². The molecule has 2 saturated carbocycles. The number of allylic oxidation sites excluding steroid dienone is 1. The van der Waals surface area contributed by atoms with Crippen molar-refractivity contribution >= 4 is 30.0 Å². The van der Waals surface area contributed by atoms with Crippen LogP contribution in [0.1, 0.15) is 55.8 Å². The predicted octanol–water partition coefficient (Wildman–Crippen LogP) is 4.54. The first-order chi connectivity index (χ1) is 17.4. The van der Waals surface area contributed by atoms with Gasteiger partial charge in [-0.25, -0.2) is 4.39 Å². The fourth-order valence-electron chi connectivity index (χ4n) is 5.29. The van der Waals surface area contributed by atoms with Gasteiger partial charge >= 0.3 is 0 Å². The van der Waals surface area contributed by atoms with E-state index in [0.29, 0.717) is 5.96 Å². The van der Waals surface area contributed by atoms with E-state index in [2.05, 4.69) is 50.6 Å². The summed E-state index contributed by atoms with van der Waals surface area (Å²) in [4.78, 5) is 11.1. The van der Waals surface area contributed by atoms with Crippen molar-refractivity contribution in [3.8, 4) is 0 Å². The molecule has 0 saturated heterocycles. The summed E-state index contributed by atoms with van der Waals surface area (Å²) in [5, 5.41) is 7.19. The molecule has 36 heavy (non-hydrogen) atoms. The van der Waals surface area contributed by atoms with Gasteiger partial charge in [0.1, 0.15) is 5.82 Å². The number of thiol groups is 1. The Balaban J connectivity index is 1.43. The highest BCUT2D eigenvalue weighted by Gasteiger charge is 2.48. The number of pyridine rings is 1. The first-order valence-corrected chi connectivity index (χ1v) is 13.6. The van der Waals surface area contributed by atoms with Gasteiger partial charge in [-0.05, 0) is 85.5 Å². The second-order valence-electron chi connectivity index (χ2n) is 10.4. The maximum Gasteiger partial charge on any atom is 0.189 e. The molecule has 0 bridgehead atoms. The molecule has 2 aromatic rings. The van der Waals surface area contributed by atoms with Gasteiger partial charge in [0, 0.05) is 37.5 Å². The maximum absolute atomic E-state index is 13.5. The smallest absolute Gasteiger partial charge is 0.189 e. The molecule has 3 aliphatic carbocycles. The standard InChI is InChI=1S/C28H37FN6S/c1-3-35(16-18-7-8-18)17-25(36)28(34-27(30)31-2)14-20-9-11-22(13-23(20)28)33-26(19-5-4-6-19)24-12-10-21(29)15-32-24/h9-13,15,18,25,33,36H,3-8,14,16-17H2,1-2H3,(H3,30,31,34)/t25-,28+/m0/s1. The van der Waals surface area contributed by atoms with Gasteiger partial charge in [0.05, 0.1) is 23.1 Å². The Bertz CT molecular complexity index is 1150. The zero-order valence-corrected chi connectivity index (χ0v) is 22.1. The molecule has 6 nitrogen and oxygen atoms in total. The number of nitrogens with two attached hydrogens (primary N) is 1. The first kappa shape index (κ1) is 25.1. The SMILES string of the molecule is CCN(CC1CC1)C[C@H](S)[C@@]1(NC(N)=NC)Cc2ccc(NC(=C3CCC3)c3ccc(F)cn3)cc21. The molecular weight excluding hydrogens is 471 g/mol. The molecular formula is C28H37FN6S. The Hall–Kier alpha value is -2.58. The van der Waals surface area contributed by atoms with Gasteiger partial charge in [0.2, 0.25) is 0 Å². The van der Waals surface area contributed by atoms with Crippen molar-refractivity contribution in [3.05, 3.63) is 64.7 Å². The lowest BCUT2D eigenvalue weighted by molar-refractivity contribution is 0.223. The summed E-state index contributed by atoms with van der Waals surface area (Å²) in [6.45, 7) is 5.25. The molecule has 4 N–H and O–H groups in total. The minimum Gasteiger partial charge on any atom is -0.370 e. The molecule has 8 heteroatoms.